The molecule has 5 rings (SSSR count). The van der Waals surface area contributed by atoms with Crippen molar-refractivity contribution in [1.82, 2.24) is 14.9 Å². The molecule has 1 aliphatic carbocycles. The number of alkyl halides is 3. The molecule has 0 atom stereocenters. The van der Waals surface area contributed by atoms with E-state index >= 15 is 0 Å². The number of nitrogens with zero attached hydrogens (tertiary/aromatic N) is 3. The molecule has 1 saturated carbocycles. The van der Waals surface area contributed by atoms with Crippen molar-refractivity contribution in [3.63, 3.8) is 0 Å². The number of nitrogens with two attached hydrogens (primary N) is 1. The molecule has 0 unspecified atom stereocenters. The Labute approximate surface area is 262 Å². The second kappa shape index (κ2) is 12.8. The molecule has 7 nitrogen and oxygen atoms in total. The highest BCUT2D eigenvalue weighted by Crippen LogP contribution is 2.45. The zero-order valence-electron chi connectivity index (χ0n) is 26.1. The number of rotatable bonds is 8. The summed E-state index contributed by atoms with van der Waals surface area (Å²) in [5.41, 5.74) is 7.28. The van der Waals surface area contributed by atoms with Crippen molar-refractivity contribution in [3.8, 4) is 0 Å². The number of amides is 2. The summed E-state index contributed by atoms with van der Waals surface area (Å²) in [5, 5.41) is 0. The van der Waals surface area contributed by atoms with Crippen molar-refractivity contribution in [2.45, 2.75) is 95.2 Å². The fourth-order valence-corrected chi connectivity index (χ4v) is 6.42. The first-order chi connectivity index (χ1) is 21.2. The Bertz CT molecular complexity index is 1520. The van der Waals surface area contributed by atoms with Gasteiger partial charge >= 0.3 is 12.3 Å². The number of carbonyl (C=O) groups is 2. The average Bonchev–Trinajstić information content (AvgIpc) is 2.95. The van der Waals surface area contributed by atoms with Crippen molar-refractivity contribution >= 4 is 12.0 Å². The molecule has 45 heavy (non-hydrogen) atoms. The van der Waals surface area contributed by atoms with Crippen LogP contribution in [0.1, 0.15) is 98.1 Å². The van der Waals surface area contributed by atoms with Crippen LogP contribution in [0.15, 0.2) is 54.7 Å². The van der Waals surface area contributed by atoms with E-state index < -0.39 is 28.7 Å². The Hall–Kier alpha value is -3.95. The van der Waals surface area contributed by atoms with E-state index in [4.69, 9.17) is 10.5 Å². The Kier molecular flexibility index (Phi) is 9.23. The topological polar surface area (TPSA) is 98.4 Å². The summed E-state index contributed by atoms with van der Waals surface area (Å²) in [6.07, 6.45) is 0.491. The van der Waals surface area contributed by atoms with E-state index in [0.29, 0.717) is 50.5 Å². The van der Waals surface area contributed by atoms with Gasteiger partial charge in [-0.15, -0.1) is 0 Å². The molecule has 1 saturated heterocycles. The Morgan fingerprint density at radius 2 is 1.67 bits per heavy atom. The number of carbonyl (C=O) groups excluding carboxylic acids is 2. The lowest BCUT2D eigenvalue weighted by Gasteiger charge is -2.40. The van der Waals surface area contributed by atoms with Gasteiger partial charge in [-0.25, -0.2) is 14.8 Å². The molecule has 2 aromatic carbocycles. The van der Waals surface area contributed by atoms with Gasteiger partial charge in [-0.1, -0.05) is 55.0 Å². The first-order valence-corrected chi connectivity index (χ1v) is 15.6. The zero-order valence-corrected chi connectivity index (χ0v) is 26.1. The quantitative estimate of drug-likeness (QED) is 0.295. The number of hydrogen-bond donors (Lipinski definition) is 1. The van der Waals surface area contributed by atoms with Crippen LogP contribution in [0, 0.1) is 0 Å². The maximum Gasteiger partial charge on any atom is 0.419 e. The zero-order chi connectivity index (χ0) is 32.4. The summed E-state index contributed by atoms with van der Waals surface area (Å²) in [6.45, 7) is 6.81. The minimum atomic E-state index is -4.59. The van der Waals surface area contributed by atoms with Gasteiger partial charge < -0.3 is 15.4 Å². The van der Waals surface area contributed by atoms with Crippen molar-refractivity contribution in [2.75, 3.05) is 13.1 Å². The third-order valence-electron chi connectivity index (χ3n) is 9.03. The van der Waals surface area contributed by atoms with E-state index in [-0.39, 0.29) is 18.2 Å². The first kappa shape index (κ1) is 32.4. The maximum absolute atomic E-state index is 14.0. The SMILES string of the molecule is CC(C)(C)OC(=O)N1CCC(c2ccc(Cc3ncc(C(F)(F)F)c(CCc4ccccc4C4(C(N)=O)CCC4)n3)cc2)CC1. The third-order valence-corrected chi connectivity index (χ3v) is 9.03. The molecular formula is C35H41F3N4O3. The molecule has 2 heterocycles. The van der Waals surface area contributed by atoms with Crippen molar-refractivity contribution in [1.29, 1.82) is 0 Å². The highest BCUT2D eigenvalue weighted by atomic mass is 19.4. The summed E-state index contributed by atoms with van der Waals surface area (Å²) in [6, 6.07) is 15.4. The number of ether oxygens (including phenoxy) is 1. The Morgan fingerprint density at radius 3 is 2.24 bits per heavy atom. The van der Waals surface area contributed by atoms with Crippen LogP contribution in [0.5, 0.6) is 0 Å². The minimum absolute atomic E-state index is 0.0527. The van der Waals surface area contributed by atoms with Crippen LogP contribution in [-0.2, 0) is 40.4 Å². The summed E-state index contributed by atoms with van der Waals surface area (Å²) in [5.74, 6) is 0.235. The molecule has 0 radical (unpaired) electrons. The second-order valence-electron chi connectivity index (χ2n) is 13.3. The van der Waals surface area contributed by atoms with Gasteiger partial charge in [0.25, 0.3) is 0 Å². The number of primary amides is 1. The number of piperidine rings is 1. The molecule has 2 aliphatic rings. The first-order valence-electron chi connectivity index (χ1n) is 15.6. The smallest absolute Gasteiger partial charge is 0.419 e. The number of aromatic nitrogens is 2. The lowest BCUT2D eigenvalue weighted by molar-refractivity contribution is -0.138. The van der Waals surface area contributed by atoms with Crippen LogP contribution < -0.4 is 5.73 Å². The van der Waals surface area contributed by atoms with Gasteiger partial charge in [0, 0.05) is 25.7 Å². The Balaban J connectivity index is 1.26. The molecule has 2 amide bonds. The van der Waals surface area contributed by atoms with E-state index in [1.807, 2.05) is 69.3 Å². The van der Waals surface area contributed by atoms with Gasteiger partial charge in [0.2, 0.25) is 5.91 Å². The van der Waals surface area contributed by atoms with E-state index in [1.54, 1.807) is 4.90 Å². The number of hydrogen-bond acceptors (Lipinski definition) is 5. The molecule has 0 spiro atoms. The van der Waals surface area contributed by atoms with Crippen LogP contribution in [-0.4, -0.2) is 45.6 Å². The molecule has 3 aromatic rings. The number of halogens is 3. The van der Waals surface area contributed by atoms with Gasteiger partial charge in [-0.3, -0.25) is 4.79 Å². The molecule has 2 fully saturated rings. The van der Waals surface area contributed by atoms with Crippen LogP contribution in [0.2, 0.25) is 0 Å². The number of aryl methyl sites for hydroxylation is 2. The molecule has 1 aromatic heterocycles. The summed E-state index contributed by atoms with van der Waals surface area (Å²) in [4.78, 5) is 35.0. The van der Waals surface area contributed by atoms with E-state index in [1.165, 1.54) is 0 Å². The predicted octanol–water partition coefficient (Wildman–Crippen LogP) is 6.89. The lowest BCUT2D eigenvalue weighted by Crippen LogP contribution is -2.47. The fraction of sp³-hybridized carbons (Fsp3) is 0.486. The molecule has 1 aliphatic heterocycles. The van der Waals surface area contributed by atoms with Crippen molar-refractivity contribution in [2.24, 2.45) is 5.73 Å². The summed E-state index contributed by atoms with van der Waals surface area (Å²) >= 11 is 0. The van der Waals surface area contributed by atoms with Crippen LogP contribution >= 0.6 is 0 Å². The van der Waals surface area contributed by atoms with E-state index in [2.05, 4.69) is 9.97 Å². The molecule has 10 heteroatoms. The predicted molar refractivity (Wildman–Crippen MR) is 165 cm³/mol. The fourth-order valence-electron chi connectivity index (χ4n) is 6.42. The molecule has 240 valence electrons. The lowest BCUT2D eigenvalue weighted by atomic mass is 9.62. The highest BCUT2D eigenvalue weighted by molar-refractivity contribution is 5.88. The van der Waals surface area contributed by atoms with Gasteiger partial charge in [0.1, 0.15) is 11.4 Å². The van der Waals surface area contributed by atoms with Crippen LogP contribution in [0.4, 0.5) is 18.0 Å². The second-order valence-corrected chi connectivity index (χ2v) is 13.3. The van der Waals surface area contributed by atoms with Gasteiger partial charge in [0.15, 0.2) is 0 Å². The van der Waals surface area contributed by atoms with Crippen LogP contribution in [0.25, 0.3) is 0 Å². The highest BCUT2D eigenvalue weighted by Gasteiger charge is 2.45. The third kappa shape index (κ3) is 7.48. The number of benzene rings is 2. The maximum atomic E-state index is 14.0. The largest absolute Gasteiger partial charge is 0.444 e. The Morgan fingerprint density at radius 1 is 1.00 bits per heavy atom. The van der Waals surface area contributed by atoms with Crippen LogP contribution in [0.3, 0.4) is 0 Å². The number of likely N-dealkylation sites (tertiary alicyclic amines) is 1. The molecule has 2 N–H and O–H groups in total. The van der Waals surface area contributed by atoms with Gasteiger partial charge in [0.05, 0.1) is 16.7 Å². The average molecular weight is 623 g/mol. The summed E-state index contributed by atoms with van der Waals surface area (Å²) < 4.78 is 47.4. The van der Waals surface area contributed by atoms with E-state index in [9.17, 15) is 22.8 Å². The van der Waals surface area contributed by atoms with E-state index in [0.717, 1.165) is 47.7 Å². The summed E-state index contributed by atoms with van der Waals surface area (Å²) in [7, 11) is 0. The minimum Gasteiger partial charge on any atom is -0.444 e. The monoisotopic (exact) mass is 622 g/mol. The molecule has 0 bridgehead atoms. The van der Waals surface area contributed by atoms with Gasteiger partial charge in [-0.2, -0.15) is 13.2 Å². The van der Waals surface area contributed by atoms with Crippen molar-refractivity contribution < 1.29 is 27.5 Å². The standard InChI is InChI=1S/C35H41F3N4O3/c1-33(2,3)45-32(44)42-19-15-25(16-20-42)24-11-9-23(10-12-24)21-30-40-22-28(35(36,37)38)29(41-30)14-13-26-7-4-5-8-27(26)34(31(39)43)17-6-18-34/h4-5,7-12,22,25H,6,13-21H2,1-3H3,(H2,39,43). The molecular weight excluding hydrogens is 581 g/mol. The normalized spacial score (nSPS) is 17.1. The van der Waals surface area contributed by atoms with Gasteiger partial charge in [-0.05, 0) is 87.5 Å². The van der Waals surface area contributed by atoms with Crippen molar-refractivity contribution in [3.05, 3.63) is 94.1 Å².